The van der Waals surface area contributed by atoms with Crippen molar-refractivity contribution in [1.82, 2.24) is 4.98 Å². The molecule has 17 heavy (non-hydrogen) atoms. The van der Waals surface area contributed by atoms with E-state index in [1.807, 2.05) is 0 Å². The van der Waals surface area contributed by atoms with E-state index in [-0.39, 0.29) is 6.42 Å². The summed E-state index contributed by atoms with van der Waals surface area (Å²) >= 11 is 0. The summed E-state index contributed by atoms with van der Waals surface area (Å²) in [6, 6.07) is 2.59. The molecule has 1 rings (SSSR count). The molecule has 0 aliphatic rings. The van der Waals surface area contributed by atoms with Crippen LogP contribution in [-0.4, -0.2) is 26.8 Å². The molecular formula is C12H16FNO3. The van der Waals surface area contributed by atoms with E-state index >= 15 is 0 Å². The first-order chi connectivity index (χ1) is 7.91. The summed E-state index contributed by atoms with van der Waals surface area (Å²) in [5, 5.41) is 19.2. The van der Waals surface area contributed by atoms with Gasteiger partial charge in [-0.05, 0) is 18.6 Å². The van der Waals surface area contributed by atoms with Crippen LogP contribution in [0.1, 0.15) is 38.3 Å². The molecule has 1 aromatic rings. The maximum Gasteiger partial charge on any atom is 0.336 e. The molecule has 0 radical (unpaired) electrons. The Hall–Kier alpha value is -1.49. The van der Waals surface area contributed by atoms with Gasteiger partial charge in [0.15, 0.2) is 5.60 Å². The van der Waals surface area contributed by atoms with Crippen molar-refractivity contribution in [2.75, 3.05) is 0 Å². The van der Waals surface area contributed by atoms with Crippen LogP contribution in [0.2, 0.25) is 0 Å². The minimum absolute atomic E-state index is 0.128. The van der Waals surface area contributed by atoms with Gasteiger partial charge in [-0.3, -0.25) is 4.98 Å². The third-order valence-corrected chi connectivity index (χ3v) is 2.91. The quantitative estimate of drug-likeness (QED) is 0.826. The Bertz CT molecular complexity index is 393. The van der Waals surface area contributed by atoms with E-state index in [1.165, 1.54) is 12.1 Å². The van der Waals surface area contributed by atoms with Crippen LogP contribution in [0.3, 0.4) is 0 Å². The van der Waals surface area contributed by atoms with Crippen LogP contribution < -0.4 is 0 Å². The highest BCUT2D eigenvalue weighted by Gasteiger charge is 2.42. The van der Waals surface area contributed by atoms with E-state index in [0.29, 0.717) is 12.1 Å². The minimum atomic E-state index is -1.86. The summed E-state index contributed by atoms with van der Waals surface area (Å²) in [6.07, 6.45) is 1.68. The standard InChI is InChI=1S/C12H16FNO3/c1-3-6-12(17,11(15)16)8(2)10-5-4-9(13)7-14-10/h4-5,7-8,17H,3,6H2,1-2H3,(H,15,16). The molecule has 4 nitrogen and oxygen atoms in total. The van der Waals surface area contributed by atoms with Gasteiger partial charge in [-0.15, -0.1) is 0 Å². The monoisotopic (exact) mass is 241 g/mol. The van der Waals surface area contributed by atoms with E-state index < -0.39 is 23.3 Å². The van der Waals surface area contributed by atoms with Crippen molar-refractivity contribution in [3.63, 3.8) is 0 Å². The highest BCUT2D eigenvalue weighted by Crippen LogP contribution is 2.31. The van der Waals surface area contributed by atoms with Gasteiger partial charge in [-0.25, -0.2) is 9.18 Å². The molecule has 0 saturated carbocycles. The zero-order chi connectivity index (χ0) is 13.1. The van der Waals surface area contributed by atoms with Crippen molar-refractivity contribution in [2.24, 2.45) is 0 Å². The molecule has 0 aliphatic carbocycles. The molecular weight excluding hydrogens is 225 g/mol. The molecule has 1 heterocycles. The van der Waals surface area contributed by atoms with Gasteiger partial charge in [0.1, 0.15) is 5.82 Å². The lowest BCUT2D eigenvalue weighted by Gasteiger charge is -2.29. The number of pyridine rings is 1. The number of nitrogens with zero attached hydrogens (tertiary/aromatic N) is 1. The van der Waals surface area contributed by atoms with Crippen LogP contribution in [0, 0.1) is 5.82 Å². The van der Waals surface area contributed by atoms with Gasteiger partial charge in [0.25, 0.3) is 0 Å². The number of aliphatic carboxylic acids is 1. The third-order valence-electron chi connectivity index (χ3n) is 2.91. The number of rotatable bonds is 5. The fourth-order valence-electron chi connectivity index (χ4n) is 1.78. The van der Waals surface area contributed by atoms with E-state index in [1.54, 1.807) is 13.8 Å². The van der Waals surface area contributed by atoms with Gasteiger partial charge in [-0.1, -0.05) is 20.3 Å². The fraction of sp³-hybridized carbons (Fsp3) is 0.500. The zero-order valence-electron chi connectivity index (χ0n) is 9.85. The van der Waals surface area contributed by atoms with Gasteiger partial charge in [0, 0.05) is 11.6 Å². The first-order valence-corrected chi connectivity index (χ1v) is 5.49. The minimum Gasteiger partial charge on any atom is -0.479 e. The van der Waals surface area contributed by atoms with Gasteiger partial charge < -0.3 is 10.2 Å². The summed E-state index contributed by atoms with van der Waals surface area (Å²) < 4.78 is 12.7. The number of hydrogen-bond donors (Lipinski definition) is 2. The number of hydrogen-bond acceptors (Lipinski definition) is 3. The Balaban J connectivity index is 3.03. The summed E-state index contributed by atoms with van der Waals surface area (Å²) in [4.78, 5) is 15.0. The average Bonchev–Trinajstić information content (AvgIpc) is 2.29. The molecule has 0 amide bonds. The Labute approximate surface area is 99.1 Å². The second-order valence-corrected chi connectivity index (χ2v) is 4.10. The maximum absolute atomic E-state index is 12.7. The van der Waals surface area contributed by atoms with Gasteiger partial charge in [0.05, 0.1) is 6.20 Å². The lowest BCUT2D eigenvalue weighted by atomic mass is 9.82. The summed E-state index contributed by atoms with van der Waals surface area (Å²) in [6.45, 7) is 3.36. The molecule has 5 heteroatoms. The Kier molecular flexibility index (Phi) is 4.17. The predicted octanol–water partition coefficient (Wildman–Crippen LogP) is 1.94. The normalized spacial score (nSPS) is 16.2. The molecule has 94 valence electrons. The number of aliphatic hydroxyl groups is 1. The Morgan fingerprint density at radius 3 is 2.65 bits per heavy atom. The number of aromatic nitrogens is 1. The lowest BCUT2D eigenvalue weighted by Crippen LogP contribution is -2.43. The van der Waals surface area contributed by atoms with Crippen LogP contribution in [-0.2, 0) is 4.79 Å². The van der Waals surface area contributed by atoms with Crippen LogP contribution in [0.5, 0.6) is 0 Å². The van der Waals surface area contributed by atoms with Gasteiger partial charge >= 0.3 is 5.97 Å². The molecule has 2 N–H and O–H groups in total. The van der Waals surface area contributed by atoms with E-state index in [2.05, 4.69) is 4.98 Å². The second-order valence-electron chi connectivity index (χ2n) is 4.10. The average molecular weight is 241 g/mol. The predicted molar refractivity (Wildman–Crippen MR) is 60.1 cm³/mol. The molecule has 0 saturated heterocycles. The van der Waals surface area contributed by atoms with Crippen LogP contribution in [0.25, 0.3) is 0 Å². The van der Waals surface area contributed by atoms with Crippen LogP contribution >= 0.6 is 0 Å². The largest absolute Gasteiger partial charge is 0.479 e. The fourth-order valence-corrected chi connectivity index (χ4v) is 1.78. The summed E-state index contributed by atoms with van der Waals surface area (Å²) in [5.74, 6) is -2.46. The van der Waals surface area contributed by atoms with E-state index in [4.69, 9.17) is 5.11 Å². The smallest absolute Gasteiger partial charge is 0.336 e. The number of halogens is 1. The van der Waals surface area contributed by atoms with Crippen molar-refractivity contribution in [3.8, 4) is 0 Å². The zero-order valence-corrected chi connectivity index (χ0v) is 9.85. The highest BCUT2D eigenvalue weighted by atomic mass is 19.1. The molecule has 1 aromatic heterocycles. The van der Waals surface area contributed by atoms with Crippen molar-refractivity contribution in [3.05, 3.63) is 29.8 Å². The Morgan fingerprint density at radius 1 is 1.59 bits per heavy atom. The summed E-state index contributed by atoms with van der Waals surface area (Å²) in [7, 11) is 0. The lowest BCUT2D eigenvalue weighted by molar-refractivity contribution is -0.161. The molecule has 0 aliphatic heterocycles. The van der Waals surface area contributed by atoms with Crippen LogP contribution in [0.4, 0.5) is 4.39 Å². The molecule has 0 aromatic carbocycles. The number of carboxylic acid groups (broad SMARTS) is 1. The second kappa shape index (κ2) is 5.23. The highest BCUT2D eigenvalue weighted by molar-refractivity contribution is 5.78. The topological polar surface area (TPSA) is 70.4 Å². The first-order valence-electron chi connectivity index (χ1n) is 5.49. The maximum atomic E-state index is 12.7. The molecule has 2 atom stereocenters. The van der Waals surface area contributed by atoms with Crippen molar-refractivity contribution in [2.45, 2.75) is 38.2 Å². The molecule has 0 fully saturated rings. The first kappa shape index (κ1) is 13.6. The van der Waals surface area contributed by atoms with Crippen molar-refractivity contribution in [1.29, 1.82) is 0 Å². The molecule has 0 spiro atoms. The van der Waals surface area contributed by atoms with E-state index in [0.717, 1.165) is 6.20 Å². The van der Waals surface area contributed by atoms with Gasteiger partial charge in [-0.2, -0.15) is 0 Å². The van der Waals surface area contributed by atoms with Crippen molar-refractivity contribution < 1.29 is 19.4 Å². The summed E-state index contributed by atoms with van der Waals surface area (Å²) in [5.41, 5.74) is -1.50. The van der Waals surface area contributed by atoms with Crippen LogP contribution in [0.15, 0.2) is 18.3 Å². The van der Waals surface area contributed by atoms with Gasteiger partial charge in [0.2, 0.25) is 0 Å². The molecule has 2 unspecified atom stereocenters. The number of carbonyl (C=O) groups is 1. The number of carboxylic acids is 1. The van der Waals surface area contributed by atoms with Crippen molar-refractivity contribution >= 4 is 5.97 Å². The third kappa shape index (κ3) is 2.79. The Morgan fingerprint density at radius 2 is 2.24 bits per heavy atom. The molecule has 0 bridgehead atoms. The SMILES string of the molecule is CCCC(O)(C(=O)O)C(C)c1ccc(F)cn1. The van der Waals surface area contributed by atoms with E-state index in [9.17, 15) is 14.3 Å².